The molecule has 2 aromatic carbocycles. The number of anilines is 2. The van der Waals surface area contributed by atoms with Crippen molar-refractivity contribution in [2.45, 2.75) is 98.3 Å². The minimum absolute atomic E-state index is 0.217. The van der Waals surface area contributed by atoms with E-state index in [0.717, 1.165) is 67.7 Å². The van der Waals surface area contributed by atoms with Gasteiger partial charge in [-0.3, -0.25) is 4.79 Å². The molecule has 0 aliphatic heterocycles. The molecule has 0 atom stereocenters. The van der Waals surface area contributed by atoms with Gasteiger partial charge in [0.25, 0.3) is 0 Å². The van der Waals surface area contributed by atoms with E-state index < -0.39 is 0 Å². The first-order chi connectivity index (χ1) is 19.1. The monoisotopic (exact) mass is 528 g/mol. The maximum atomic E-state index is 13.4. The molecule has 0 N–H and O–H groups in total. The highest BCUT2D eigenvalue weighted by Crippen LogP contribution is 2.29. The zero-order valence-corrected chi connectivity index (χ0v) is 25.2. The summed E-state index contributed by atoms with van der Waals surface area (Å²) in [6, 6.07) is 17.6. The highest BCUT2D eigenvalue weighted by atomic mass is 16.1. The summed E-state index contributed by atoms with van der Waals surface area (Å²) in [5.74, 6) is 0.217. The van der Waals surface area contributed by atoms with Crippen molar-refractivity contribution in [1.82, 2.24) is 0 Å². The van der Waals surface area contributed by atoms with Crippen LogP contribution in [-0.4, -0.2) is 32.0 Å². The summed E-state index contributed by atoms with van der Waals surface area (Å²) in [5, 5.41) is 0. The topological polar surface area (TPSA) is 23.6 Å². The summed E-state index contributed by atoms with van der Waals surface area (Å²) >= 11 is 0. The minimum atomic E-state index is 0.217. The number of ketones is 1. The Kier molecular flexibility index (Phi) is 13.4. The third-order valence-corrected chi connectivity index (χ3v) is 7.80. The van der Waals surface area contributed by atoms with Gasteiger partial charge in [0.05, 0.1) is 0 Å². The molecule has 3 nitrogen and oxygen atoms in total. The predicted molar refractivity (Wildman–Crippen MR) is 172 cm³/mol. The second-order valence-electron chi connectivity index (χ2n) is 11.1. The predicted octanol–water partition coefficient (Wildman–Crippen LogP) is 9.72. The second kappa shape index (κ2) is 17.0. The summed E-state index contributed by atoms with van der Waals surface area (Å²) in [7, 11) is 0. The van der Waals surface area contributed by atoms with E-state index in [1.54, 1.807) is 0 Å². The summed E-state index contributed by atoms with van der Waals surface area (Å²) < 4.78 is 0. The molecule has 1 aliphatic rings. The number of carbonyl (C=O) groups excluding carboxylic acids is 1. The third-order valence-electron chi connectivity index (χ3n) is 7.80. The standard InChI is InChI=1S/C36H52N2O/c1-5-9-24-37(25-10-6-2)34-20-16-30(17-21-34)28-32-14-13-15-33(36(32)39)29-31-18-22-35(23-19-31)38(26-11-7-3)27-12-8-4/h16-23,28-29H,5-15,24-27H2,1-4H3/b32-28-,33-29+. The van der Waals surface area contributed by atoms with Crippen molar-refractivity contribution >= 4 is 29.3 Å². The smallest absolute Gasteiger partial charge is 0.185 e. The van der Waals surface area contributed by atoms with E-state index >= 15 is 0 Å². The lowest BCUT2D eigenvalue weighted by Gasteiger charge is -2.25. The average Bonchev–Trinajstić information content (AvgIpc) is 2.96. The Bertz CT molecular complexity index is 949. The van der Waals surface area contributed by atoms with Crippen molar-refractivity contribution in [2.75, 3.05) is 36.0 Å². The molecule has 0 spiro atoms. The van der Waals surface area contributed by atoms with E-state index in [4.69, 9.17) is 0 Å². The number of unbranched alkanes of at least 4 members (excludes halogenated alkanes) is 4. The molecule has 0 bridgehead atoms. The van der Waals surface area contributed by atoms with E-state index in [-0.39, 0.29) is 5.78 Å². The Balaban J connectivity index is 1.70. The molecule has 0 amide bonds. The Morgan fingerprint density at radius 1 is 0.564 bits per heavy atom. The molecule has 0 heterocycles. The molecule has 39 heavy (non-hydrogen) atoms. The van der Waals surface area contributed by atoms with Gasteiger partial charge in [0.2, 0.25) is 0 Å². The molecule has 2 aromatic rings. The lowest BCUT2D eigenvalue weighted by Crippen LogP contribution is -2.25. The quantitative estimate of drug-likeness (QED) is 0.203. The number of Topliss-reactive ketones (excluding diaryl/α,β-unsaturated/α-hetero) is 1. The van der Waals surface area contributed by atoms with Crippen molar-refractivity contribution in [3.63, 3.8) is 0 Å². The molecule has 1 aliphatic carbocycles. The number of hydrogen-bond donors (Lipinski definition) is 0. The Morgan fingerprint density at radius 2 is 0.897 bits per heavy atom. The highest BCUT2D eigenvalue weighted by Gasteiger charge is 2.20. The first-order valence-electron chi connectivity index (χ1n) is 15.7. The van der Waals surface area contributed by atoms with Gasteiger partial charge in [-0.15, -0.1) is 0 Å². The number of nitrogens with zero attached hydrogens (tertiary/aromatic N) is 2. The van der Waals surface area contributed by atoms with Crippen LogP contribution in [0.4, 0.5) is 11.4 Å². The van der Waals surface area contributed by atoms with Gasteiger partial charge < -0.3 is 9.80 Å². The molecule has 3 rings (SSSR count). The molecule has 3 heteroatoms. The van der Waals surface area contributed by atoms with Crippen LogP contribution in [-0.2, 0) is 4.79 Å². The SMILES string of the molecule is CCCCN(CCCC)c1ccc(/C=C2/CCC/C(=C\c3ccc(N(CCCC)CCCC)cc3)C2=O)cc1. The lowest BCUT2D eigenvalue weighted by atomic mass is 9.87. The fourth-order valence-corrected chi connectivity index (χ4v) is 5.28. The van der Waals surface area contributed by atoms with Gasteiger partial charge in [0, 0.05) is 48.7 Å². The van der Waals surface area contributed by atoms with Gasteiger partial charge in [0.15, 0.2) is 5.78 Å². The van der Waals surface area contributed by atoms with Crippen LogP contribution in [0.2, 0.25) is 0 Å². The number of carbonyl (C=O) groups is 1. The van der Waals surface area contributed by atoms with Crippen LogP contribution in [0.15, 0.2) is 59.7 Å². The Hall–Kier alpha value is -2.81. The average molecular weight is 529 g/mol. The Morgan fingerprint density at radius 3 is 1.21 bits per heavy atom. The zero-order chi connectivity index (χ0) is 27.9. The molecular weight excluding hydrogens is 476 g/mol. The highest BCUT2D eigenvalue weighted by molar-refractivity contribution is 6.14. The maximum absolute atomic E-state index is 13.4. The van der Waals surface area contributed by atoms with E-state index in [2.05, 4.69) is 98.2 Å². The van der Waals surface area contributed by atoms with Gasteiger partial charge >= 0.3 is 0 Å². The summed E-state index contributed by atoms with van der Waals surface area (Å²) in [6.45, 7) is 13.5. The van der Waals surface area contributed by atoms with Crippen LogP contribution in [0.25, 0.3) is 12.2 Å². The van der Waals surface area contributed by atoms with E-state index in [9.17, 15) is 4.79 Å². The first-order valence-corrected chi connectivity index (χ1v) is 15.7. The van der Waals surface area contributed by atoms with Crippen molar-refractivity contribution in [1.29, 1.82) is 0 Å². The van der Waals surface area contributed by atoms with Gasteiger partial charge in [-0.05, 0) is 92.5 Å². The largest absolute Gasteiger partial charge is 0.372 e. The molecule has 0 aromatic heterocycles. The lowest BCUT2D eigenvalue weighted by molar-refractivity contribution is -0.112. The fraction of sp³-hybridized carbons (Fsp3) is 0.528. The van der Waals surface area contributed by atoms with E-state index in [0.29, 0.717) is 0 Å². The number of rotatable bonds is 16. The molecular formula is C36H52N2O. The second-order valence-corrected chi connectivity index (χ2v) is 11.1. The normalized spacial score (nSPS) is 15.7. The van der Waals surface area contributed by atoms with E-state index in [1.807, 2.05) is 0 Å². The van der Waals surface area contributed by atoms with Crippen LogP contribution in [0, 0.1) is 0 Å². The van der Waals surface area contributed by atoms with Gasteiger partial charge in [-0.25, -0.2) is 0 Å². The van der Waals surface area contributed by atoms with Crippen LogP contribution in [0.1, 0.15) is 109 Å². The van der Waals surface area contributed by atoms with Crippen molar-refractivity contribution in [3.8, 4) is 0 Å². The summed E-state index contributed by atoms with van der Waals surface area (Å²) in [6.07, 6.45) is 16.7. The minimum Gasteiger partial charge on any atom is -0.372 e. The van der Waals surface area contributed by atoms with E-state index in [1.165, 1.54) is 62.7 Å². The molecule has 1 saturated carbocycles. The van der Waals surface area contributed by atoms with Gasteiger partial charge in [-0.1, -0.05) is 77.6 Å². The molecule has 0 radical (unpaired) electrons. The fourth-order valence-electron chi connectivity index (χ4n) is 5.28. The number of allylic oxidation sites excluding steroid dienone is 2. The van der Waals surface area contributed by atoms with Crippen LogP contribution in [0.3, 0.4) is 0 Å². The molecule has 1 fully saturated rings. The van der Waals surface area contributed by atoms with Crippen molar-refractivity contribution < 1.29 is 4.79 Å². The number of benzene rings is 2. The van der Waals surface area contributed by atoms with Gasteiger partial charge in [-0.2, -0.15) is 0 Å². The van der Waals surface area contributed by atoms with Crippen molar-refractivity contribution in [3.05, 3.63) is 70.8 Å². The summed E-state index contributed by atoms with van der Waals surface area (Å²) in [4.78, 5) is 18.4. The first kappa shape index (κ1) is 30.7. The van der Waals surface area contributed by atoms with Crippen LogP contribution < -0.4 is 9.80 Å². The van der Waals surface area contributed by atoms with Gasteiger partial charge in [0.1, 0.15) is 0 Å². The van der Waals surface area contributed by atoms with Crippen LogP contribution in [0.5, 0.6) is 0 Å². The zero-order valence-electron chi connectivity index (χ0n) is 25.2. The number of hydrogen-bond acceptors (Lipinski definition) is 3. The maximum Gasteiger partial charge on any atom is 0.185 e. The molecule has 212 valence electrons. The molecule has 0 unspecified atom stereocenters. The third kappa shape index (κ3) is 9.71. The van der Waals surface area contributed by atoms with Crippen LogP contribution >= 0.6 is 0 Å². The molecule has 0 saturated heterocycles. The van der Waals surface area contributed by atoms with Crippen molar-refractivity contribution in [2.24, 2.45) is 0 Å². The summed E-state index contributed by atoms with van der Waals surface area (Å²) in [5.41, 5.74) is 6.71. The Labute approximate surface area is 239 Å².